The van der Waals surface area contributed by atoms with Gasteiger partial charge in [0.1, 0.15) is 5.84 Å². The molecule has 3 heteroatoms. The molecule has 3 atom stereocenters. The summed E-state index contributed by atoms with van der Waals surface area (Å²) in [6, 6.07) is 0. The summed E-state index contributed by atoms with van der Waals surface area (Å²) in [5.74, 6) is 2.26. The molecule has 0 spiro atoms. The third-order valence-corrected chi connectivity index (χ3v) is 3.02. The highest BCUT2D eigenvalue weighted by atomic mass is 16.7. The second-order valence-corrected chi connectivity index (χ2v) is 3.81. The van der Waals surface area contributed by atoms with Gasteiger partial charge in [-0.3, -0.25) is 15.3 Å². The summed E-state index contributed by atoms with van der Waals surface area (Å²) in [4.78, 5) is 9.68. The van der Waals surface area contributed by atoms with Gasteiger partial charge in [-0.15, -0.1) is 0 Å². The molecular weight excluding hydrogens is 152 g/mol. The molecule has 1 aliphatic carbocycles. The molecule has 0 radical (unpaired) electrons. The van der Waals surface area contributed by atoms with Crippen LogP contribution in [0.2, 0.25) is 0 Å². The van der Waals surface area contributed by atoms with Gasteiger partial charge in [-0.1, -0.05) is 13.3 Å². The van der Waals surface area contributed by atoms with Gasteiger partial charge >= 0.3 is 0 Å². The largest absolute Gasteiger partial charge is 0.274 e. The van der Waals surface area contributed by atoms with Gasteiger partial charge < -0.3 is 0 Å². The summed E-state index contributed by atoms with van der Waals surface area (Å²) in [6.45, 7) is 2.26. The average Bonchev–Trinajstić information content (AvgIpc) is 2.49. The molecular formula is C9H16N2O. The van der Waals surface area contributed by atoms with Gasteiger partial charge in [-0.05, 0) is 18.8 Å². The zero-order valence-electron chi connectivity index (χ0n) is 7.71. The number of amidine groups is 1. The van der Waals surface area contributed by atoms with Crippen LogP contribution in [0.25, 0.3) is 0 Å². The van der Waals surface area contributed by atoms with Crippen LogP contribution in [-0.2, 0) is 4.84 Å². The molecule has 1 aliphatic heterocycles. The van der Waals surface area contributed by atoms with Crippen LogP contribution in [-0.4, -0.2) is 19.0 Å². The summed E-state index contributed by atoms with van der Waals surface area (Å²) in [5, 5.41) is 0. The molecule has 2 aliphatic rings. The molecule has 3 nitrogen and oxygen atoms in total. The highest BCUT2D eigenvalue weighted by Crippen LogP contribution is 2.34. The number of hydrogen-bond acceptors (Lipinski definition) is 2. The van der Waals surface area contributed by atoms with Crippen LogP contribution >= 0.6 is 0 Å². The Hall–Kier alpha value is -0.570. The first-order valence-corrected chi connectivity index (χ1v) is 4.71. The van der Waals surface area contributed by atoms with E-state index in [4.69, 9.17) is 4.84 Å². The normalized spacial score (nSPS) is 44.2. The van der Waals surface area contributed by atoms with Crippen molar-refractivity contribution in [3.8, 4) is 0 Å². The van der Waals surface area contributed by atoms with Crippen LogP contribution in [0, 0.1) is 11.8 Å². The maximum atomic E-state index is 5.49. The molecule has 68 valence electrons. The highest BCUT2D eigenvalue weighted by Gasteiger charge is 2.39. The number of nitrogens with one attached hydrogen (secondary N) is 1. The summed E-state index contributed by atoms with van der Waals surface area (Å²) in [6.07, 6.45) is 4.21. The molecule has 0 aromatic rings. The predicted octanol–water partition coefficient (Wildman–Crippen LogP) is 1.35. The Balaban J connectivity index is 2.14. The SMILES string of the molecule is CN=C1NOC2C(C)CCCC12. The standard InChI is InChI=1S/C9H16N2O/c1-6-4-3-5-7-8(6)12-11-9(7)10-2/h6-8H,3-5H2,1-2H3,(H,10,11). The predicted molar refractivity (Wildman–Crippen MR) is 47.9 cm³/mol. The first kappa shape index (κ1) is 8.05. The van der Waals surface area contributed by atoms with Crippen molar-refractivity contribution in [3.05, 3.63) is 0 Å². The lowest BCUT2D eigenvalue weighted by Crippen LogP contribution is -2.31. The van der Waals surface area contributed by atoms with Crippen molar-refractivity contribution in [1.82, 2.24) is 5.48 Å². The van der Waals surface area contributed by atoms with E-state index in [1.165, 1.54) is 19.3 Å². The van der Waals surface area contributed by atoms with Gasteiger partial charge in [-0.25, -0.2) is 0 Å². The number of aliphatic imine (C=N–C) groups is 1. The third-order valence-electron chi connectivity index (χ3n) is 3.02. The molecule has 3 unspecified atom stereocenters. The molecule has 0 aromatic heterocycles. The smallest absolute Gasteiger partial charge is 0.126 e. The van der Waals surface area contributed by atoms with Crippen molar-refractivity contribution in [2.45, 2.75) is 32.3 Å². The van der Waals surface area contributed by atoms with Crippen molar-refractivity contribution < 1.29 is 4.84 Å². The van der Waals surface area contributed by atoms with Crippen LogP contribution < -0.4 is 5.48 Å². The summed E-state index contributed by atoms with van der Waals surface area (Å²) in [7, 11) is 1.83. The van der Waals surface area contributed by atoms with Crippen molar-refractivity contribution >= 4 is 5.84 Å². The van der Waals surface area contributed by atoms with E-state index in [0.717, 1.165) is 5.84 Å². The fraction of sp³-hybridized carbons (Fsp3) is 0.889. The molecule has 2 rings (SSSR count). The number of rotatable bonds is 0. The lowest BCUT2D eigenvalue weighted by molar-refractivity contribution is -0.0202. The molecule has 1 saturated heterocycles. The minimum atomic E-state index is 0.373. The van der Waals surface area contributed by atoms with Gasteiger partial charge in [0, 0.05) is 13.0 Å². The van der Waals surface area contributed by atoms with E-state index in [2.05, 4.69) is 17.4 Å². The minimum Gasteiger partial charge on any atom is -0.274 e. The first-order chi connectivity index (χ1) is 5.83. The Morgan fingerprint density at radius 2 is 2.33 bits per heavy atom. The van der Waals surface area contributed by atoms with Crippen LogP contribution in [0.15, 0.2) is 4.99 Å². The van der Waals surface area contributed by atoms with Gasteiger partial charge in [0.15, 0.2) is 0 Å². The summed E-state index contributed by atoms with van der Waals surface area (Å²) < 4.78 is 0. The monoisotopic (exact) mass is 168 g/mol. The van der Waals surface area contributed by atoms with Gasteiger partial charge in [0.25, 0.3) is 0 Å². The first-order valence-electron chi connectivity index (χ1n) is 4.71. The lowest BCUT2D eigenvalue weighted by Gasteiger charge is -2.27. The topological polar surface area (TPSA) is 33.6 Å². The Bertz CT molecular complexity index is 203. The third kappa shape index (κ3) is 1.12. The fourth-order valence-electron chi connectivity index (χ4n) is 2.29. The molecule has 0 aromatic carbocycles. The number of fused-ring (bicyclic) bond motifs is 1. The maximum Gasteiger partial charge on any atom is 0.126 e. The molecule has 0 bridgehead atoms. The van der Waals surface area contributed by atoms with E-state index >= 15 is 0 Å². The number of nitrogens with zero attached hydrogens (tertiary/aromatic N) is 1. The number of hydrogen-bond donors (Lipinski definition) is 1. The molecule has 2 fully saturated rings. The molecule has 1 N–H and O–H groups in total. The van der Waals surface area contributed by atoms with Crippen molar-refractivity contribution in [2.75, 3.05) is 7.05 Å². The average molecular weight is 168 g/mol. The van der Waals surface area contributed by atoms with E-state index in [-0.39, 0.29) is 0 Å². The zero-order chi connectivity index (χ0) is 8.55. The zero-order valence-corrected chi connectivity index (χ0v) is 7.71. The van der Waals surface area contributed by atoms with Crippen LogP contribution in [0.4, 0.5) is 0 Å². The number of hydroxylamine groups is 1. The minimum absolute atomic E-state index is 0.373. The van der Waals surface area contributed by atoms with E-state index in [0.29, 0.717) is 17.9 Å². The van der Waals surface area contributed by atoms with Gasteiger partial charge in [0.05, 0.1) is 6.10 Å². The van der Waals surface area contributed by atoms with Gasteiger partial charge in [0.2, 0.25) is 0 Å². The van der Waals surface area contributed by atoms with E-state index in [1.54, 1.807) is 0 Å². The molecule has 0 amide bonds. The van der Waals surface area contributed by atoms with Crippen molar-refractivity contribution in [3.63, 3.8) is 0 Å². The van der Waals surface area contributed by atoms with Gasteiger partial charge in [-0.2, -0.15) is 0 Å². The Morgan fingerprint density at radius 1 is 1.50 bits per heavy atom. The van der Waals surface area contributed by atoms with Crippen LogP contribution in [0.3, 0.4) is 0 Å². The second kappa shape index (κ2) is 3.05. The van der Waals surface area contributed by atoms with Crippen LogP contribution in [0.5, 0.6) is 0 Å². The summed E-state index contributed by atoms with van der Waals surface area (Å²) in [5.41, 5.74) is 2.93. The Labute approximate surface area is 73.2 Å². The van der Waals surface area contributed by atoms with E-state index < -0.39 is 0 Å². The quantitative estimate of drug-likeness (QED) is 0.592. The van der Waals surface area contributed by atoms with Crippen molar-refractivity contribution in [1.29, 1.82) is 0 Å². The Kier molecular flexibility index (Phi) is 2.05. The fourth-order valence-corrected chi connectivity index (χ4v) is 2.29. The molecule has 12 heavy (non-hydrogen) atoms. The second-order valence-electron chi connectivity index (χ2n) is 3.81. The summed E-state index contributed by atoms with van der Waals surface area (Å²) >= 11 is 0. The highest BCUT2D eigenvalue weighted by molar-refractivity contribution is 5.85. The van der Waals surface area contributed by atoms with Crippen molar-refractivity contribution in [2.24, 2.45) is 16.8 Å². The van der Waals surface area contributed by atoms with E-state index in [9.17, 15) is 0 Å². The molecule has 1 heterocycles. The maximum absolute atomic E-state index is 5.49. The van der Waals surface area contributed by atoms with Crippen LogP contribution in [0.1, 0.15) is 26.2 Å². The Morgan fingerprint density at radius 3 is 3.08 bits per heavy atom. The van der Waals surface area contributed by atoms with E-state index in [1.807, 2.05) is 7.05 Å². The molecule has 1 saturated carbocycles. The lowest BCUT2D eigenvalue weighted by atomic mass is 9.80.